The van der Waals surface area contributed by atoms with Gasteiger partial charge < -0.3 is 0 Å². The zero-order chi connectivity index (χ0) is 9.50. The Morgan fingerprint density at radius 2 is 0.688 bits per heavy atom. The van der Waals surface area contributed by atoms with Crippen LogP contribution in [-0.4, -0.2) is 0 Å². The lowest BCUT2D eigenvalue weighted by atomic mass is 29.1. The molecule has 0 radical (unpaired) electrons. The van der Waals surface area contributed by atoms with E-state index in [2.05, 4.69) is 0 Å². The second-order valence-corrected chi connectivity index (χ2v) is 109. The van der Waals surface area contributed by atoms with Gasteiger partial charge in [-0.25, -0.2) is 0 Å². The average Bonchev–Trinajstić information content (AvgIpc) is 3.00. The second-order valence-electron chi connectivity index (χ2n) is 4.04. The summed E-state index contributed by atoms with van der Waals surface area (Å²) in [5.41, 5.74) is 0. The fraction of sp³-hybridized carbons (Fsp3) is 0. The second kappa shape index (κ2) is 2.94. The number of hydrogen-bond acceptors (Lipinski definition) is 0. The average molecular weight is 498 g/mol. The molecule has 8 atom stereocenters. The van der Waals surface area contributed by atoms with E-state index in [0.29, 0.717) is 0 Å². The van der Waals surface area contributed by atoms with Gasteiger partial charge in [0.25, 0.3) is 0 Å². The molecule has 0 spiro atoms. The van der Waals surface area contributed by atoms with E-state index in [1.54, 1.807) is 15.1 Å². The lowest BCUT2D eigenvalue weighted by Crippen LogP contribution is -1.03. The van der Waals surface area contributed by atoms with E-state index in [1.807, 2.05) is 0 Å². The topological polar surface area (TPSA) is 0 Å². The van der Waals surface area contributed by atoms with Crippen LogP contribution in [-0.2, 0) is 0 Å². The van der Waals surface area contributed by atoms with Gasteiger partial charge in [0.15, 0.2) is 0 Å². The van der Waals surface area contributed by atoms with E-state index in [9.17, 15) is 0 Å². The maximum absolute atomic E-state index is 1.66. The van der Waals surface area contributed by atoms with Gasteiger partial charge in [-0.15, -0.1) is 0 Å². The van der Waals surface area contributed by atoms with E-state index < -0.39 is 0 Å². The maximum Gasteiger partial charge on any atom is -0.0000000139 e. The largest absolute Gasteiger partial charge is 0.0716 e. The van der Waals surface area contributed by atoms with Crippen molar-refractivity contribution in [1.82, 2.24) is 0 Å². The molecule has 0 fully saturated rings. The first kappa shape index (κ1) is 10.6. The summed E-state index contributed by atoms with van der Waals surface area (Å²) in [4.78, 5) is 0. The molecule has 8 unspecified atom stereocenters. The highest BCUT2D eigenvalue weighted by molar-refractivity contribution is 9.42. The van der Waals surface area contributed by atoms with Gasteiger partial charge in [-0.1, -0.05) is 15.1 Å². The Hall–Kier alpha value is 4.80. The first-order chi connectivity index (χ1) is 7.97. The number of rotatable bonds is 3. The van der Waals surface area contributed by atoms with Crippen molar-refractivity contribution in [3.63, 3.8) is 0 Å². The molecular weight excluding hydrogens is 496 g/mol. The molecule has 0 aliphatic heterocycles. The quantitative estimate of drug-likeness (QED) is 0.228. The lowest BCUT2D eigenvalue weighted by molar-refractivity contribution is 5.02. The molecule has 0 aliphatic rings. The van der Waals surface area contributed by atoms with Crippen LogP contribution in [0.25, 0.3) is 0 Å². The Kier molecular flexibility index (Phi) is 1.94. The first-order valence-electron chi connectivity index (χ1n) is 4.69. The zero-order valence-corrected chi connectivity index (χ0v) is 21.8. The van der Waals surface area contributed by atoms with Crippen LogP contribution in [0.1, 0.15) is 0 Å². The molecule has 8 aromatic rings. The fourth-order valence-electron chi connectivity index (χ4n) is 1.97. The van der Waals surface area contributed by atoms with Crippen LogP contribution in [0.2, 0.25) is 0 Å². The Balaban J connectivity index is 1.27. The monoisotopic (exact) mass is 498 g/mol. The normalized spacial score (nSPS) is 33.5. The summed E-state index contributed by atoms with van der Waals surface area (Å²) in [5.74, 6) is 0. The summed E-state index contributed by atoms with van der Waals surface area (Å²) in [6.07, 6.45) is 8.20. The van der Waals surface area contributed by atoms with Crippen LogP contribution < -0.4 is 0 Å². The summed E-state index contributed by atoms with van der Waals surface area (Å²) in [6, 6.07) is 0. The molecule has 0 saturated heterocycles. The summed E-state index contributed by atoms with van der Waals surface area (Å²) >= 11 is 0. The molecule has 16 heavy (non-hydrogen) atoms. The van der Waals surface area contributed by atoms with Gasteiger partial charge in [0.1, 0.15) is 0 Å². The van der Waals surface area contributed by atoms with Crippen molar-refractivity contribution in [2.45, 2.75) is 0 Å². The molecule has 0 nitrogen and oxygen atoms in total. The molecule has 0 aromatic carbocycles. The molecule has 8 rings (SSSR count). The van der Waals surface area contributed by atoms with Crippen molar-refractivity contribution in [2.75, 3.05) is 0 Å². The third-order valence-electron chi connectivity index (χ3n) is 3.21. The summed E-state index contributed by atoms with van der Waals surface area (Å²) in [5, 5.41) is 0. The van der Waals surface area contributed by atoms with Crippen LogP contribution in [0.15, 0.2) is 0 Å². The molecule has 0 saturated carbocycles. The van der Waals surface area contributed by atoms with Gasteiger partial charge in [0.2, 0.25) is 0 Å². The zero-order valence-electron chi connectivity index (χ0n) is 7.26. The Labute approximate surface area is 105 Å². The SMILES string of the molecule is [pH]1p2p(-p3p4p(-p5p6p(-p7p8[pH]p78)p56)p34)p12. The van der Waals surface area contributed by atoms with Gasteiger partial charge in [-0.2, -0.15) is 0 Å². The van der Waals surface area contributed by atoms with Gasteiger partial charge >= 0.3 is 0 Å². The van der Waals surface area contributed by atoms with Crippen molar-refractivity contribution in [2.24, 2.45) is 0 Å². The third kappa shape index (κ3) is 1.12. The Bertz CT molecular complexity index is 1030. The molecule has 16 heteroatoms. The highest BCUT2D eigenvalue weighted by atomic mass is 33.5. The van der Waals surface area contributed by atoms with Gasteiger partial charge in [-0.3, -0.25) is 0 Å². The highest BCUT2D eigenvalue weighted by Crippen LogP contribution is 3.36. The van der Waals surface area contributed by atoms with Crippen LogP contribution in [0.4, 0.5) is 0 Å². The summed E-state index contributed by atoms with van der Waals surface area (Å²) < 4.78 is 0. The summed E-state index contributed by atoms with van der Waals surface area (Å²) in [7, 11) is 3.33. The van der Waals surface area contributed by atoms with Crippen molar-refractivity contribution < 1.29 is 0 Å². The minimum absolute atomic E-state index is 0.993. The van der Waals surface area contributed by atoms with E-state index in [0.717, 1.165) is 90.4 Å². The highest BCUT2D eigenvalue weighted by Gasteiger charge is 2.49. The first-order valence-corrected chi connectivity index (χ1v) is 42.2. The predicted molar refractivity (Wildman–Crippen MR) is 114 cm³/mol. The van der Waals surface area contributed by atoms with Crippen molar-refractivity contribution in [3.8, 4) is 0 Å². The van der Waals surface area contributed by atoms with Crippen molar-refractivity contribution >= 4 is 106 Å². The molecule has 0 amide bonds. The molecule has 8 heterocycles. The van der Waals surface area contributed by atoms with Crippen molar-refractivity contribution in [3.05, 3.63) is 0 Å². The molecule has 82 valence electrons. The van der Waals surface area contributed by atoms with Gasteiger partial charge in [0.05, 0.1) is 0 Å². The maximum atomic E-state index is 1.66. The molecular formula is H2P16. The number of fused-ring (bicyclic) bond motifs is 4. The minimum atomic E-state index is 0.993. The fourth-order valence-corrected chi connectivity index (χ4v) is 452. The van der Waals surface area contributed by atoms with E-state index >= 15 is 0 Å². The predicted octanol–water partition coefficient (Wildman–Crippen LogP) is 13.2. The lowest BCUT2D eigenvalue weighted by Gasteiger charge is -1.90. The number of hydrogen-bond donors (Lipinski definition) is 0. The Morgan fingerprint density at radius 1 is 0.375 bits per heavy atom. The molecule has 8 aromatic heterocycles. The van der Waals surface area contributed by atoms with E-state index in [1.165, 1.54) is 0 Å². The van der Waals surface area contributed by atoms with E-state index in [4.69, 9.17) is 0 Å². The van der Waals surface area contributed by atoms with Crippen LogP contribution in [0.3, 0.4) is 0 Å². The standard InChI is InChI=1S/H2P16/c1-3-4(1)7(3)9-11-12(9)15(11)16-13-10(14(13)16)8-5-2-6(5)8/h1-2H. The molecule has 0 N–H and O–H groups in total. The van der Waals surface area contributed by atoms with Crippen LogP contribution in [0.5, 0.6) is 0 Å². The molecule has 0 aliphatic carbocycles. The molecule has 0 bridgehead atoms. The van der Waals surface area contributed by atoms with Gasteiger partial charge in [-0.05, 0) is 90.4 Å². The van der Waals surface area contributed by atoms with Crippen molar-refractivity contribution in [1.29, 1.82) is 0 Å². The third-order valence-corrected chi connectivity index (χ3v) is 220. The summed E-state index contributed by atoms with van der Waals surface area (Å²) in [6.45, 7) is 6.29. The van der Waals surface area contributed by atoms with Gasteiger partial charge in [0, 0.05) is 0 Å². The van der Waals surface area contributed by atoms with E-state index in [-0.39, 0.29) is 0 Å². The van der Waals surface area contributed by atoms with Crippen LogP contribution in [0, 0.1) is 0 Å². The Morgan fingerprint density at radius 3 is 0.938 bits per heavy atom. The van der Waals surface area contributed by atoms with Crippen LogP contribution >= 0.6 is 106 Å². The minimum Gasteiger partial charge on any atom is -0.0716 e. The smallest absolute Gasteiger partial charge is 0.0000000139 e.